The quantitative estimate of drug-likeness (QED) is 0.174. The van der Waals surface area contributed by atoms with Gasteiger partial charge in [0, 0.05) is 17.7 Å². The predicted octanol–water partition coefficient (Wildman–Crippen LogP) is 5.89. The molecule has 0 radical (unpaired) electrons. The molecule has 0 N–H and O–H groups in total. The smallest absolute Gasteiger partial charge is 0.279 e. The molecule has 4 rings (SSSR count). The van der Waals surface area contributed by atoms with Crippen molar-refractivity contribution in [2.45, 2.75) is 0 Å². The lowest BCUT2D eigenvalue weighted by Gasteiger charge is -2.02. The summed E-state index contributed by atoms with van der Waals surface area (Å²) in [4.78, 5) is 27.0. The minimum absolute atomic E-state index is 0.0113. The van der Waals surface area contributed by atoms with Crippen LogP contribution in [0.4, 0.5) is 5.69 Å². The minimum atomic E-state index is -0.462. The van der Waals surface area contributed by atoms with Crippen LogP contribution in [0.2, 0.25) is 0 Å². The second-order valence-electron chi connectivity index (χ2n) is 6.12. The van der Waals surface area contributed by atoms with Crippen molar-refractivity contribution in [3.63, 3.8) is 0 Å². The third kappa shape index (κ3) is 4.36. The maximum Gasteiger partial charge on any atom is 0.279 e. The third-order valence-electron chi connectivity index (χ3n) is 4.15. The van der Waals surface area contributed by atoms with E-state index >= 15 is 0 Å². The zero-order valence-electron chi connectivity index (χ0n) is 15.0. The first-order chi connectivity index (χ1) is 14.1. The molecule has 0 aliphatic rings. The van der Waals surface area contributed by atoms with Gasteiger partial charge in [-0.25, -0.2) is 4.98 Å². The highest BCUT2D eigenvalue weighted by molar-refractivity contribution is 7.20. The fourth-order valence-electron chi connectivity index (χ4n) is 2.66. The lowest BCUT2D eigenvalue weighted by atomic mass is 10.1. The SMILES string of the molecule is O=C(/C=C/c1ccc([N+](=O)[O-])cc1)c1ccc(Oc2nc3ccccc3s2)cc1. The zero-order valence-corrected chi connectivity index (χ0v) is 15.8. The van der Waals surface area contributed by atoms with E-state index in [0.29, 0.717) is 22.1 Å². The van der Waals surface area contributed by atoms with Crippen molar-refractivity contribution in [2.24, 2.45) is 0 Å². The standard InChI is InChI=1S/C22H14N2O4S/c25-20(14-7-15-5-10-17(11-6-15)24(26)27)16-8-12-18(13-9-16)28-22-23-19-3-1-2-4-21(19)29-22/h1-14H/b14-7+. The molecule has 29 heavy (non-hydrogen) atoms. The lowest BCUT2D eigenvalue weighted by Crippen LogP contribution is -1.94. The number of nitrogens with zero attached hydrogens (tertiary/aromatic N) is 2. The summed E-state index contributed by atoms with van der Waals surface area (Å²) in [6.45, 7) is 0. The van der Waals surface area contributed by atoms with Crippen molar-refractivity contribution < 1.29 is 14.5 Å². The fraction of sp³-hybridized carbons (Fsp3) is 0. The van der Waals surface area contributed by atoms with Gasteiger partial charge in [0.1, 0.15) is 5.75 Å². The van der Waals surface area contributed by atoms with E-state index in [1.165, 1.54) is 29.5 Å². The van der Waals surface area contributed by atoms with E-state index in [-0.39, 0.29) is 11.5 Å². The van der Waals surface area contributed by atoms with Crippen LogP contribution in [0.5, 0.6) is 10.9 Å². The molecular weight excluding hydrogens is 388 g/mol. The highest BCUT2D eigenvalue weighted by atomic mass is 32.1. The Morgan fingerprint density at radius 3 is 2.41 bits per heavy atom. The Morgan fingerprint density at radius 1 is 1.00 bits per heavy atom. The Morgan fingerprint density at radius 2 is 1.72 bits per heavy atom. The molecule has 0 saturated heterocycles. The van der Waals surface area contributed by atoms with E-state index in [2.05, 4.69) is 4.98 Å². The van der Waals surface area contributed by atoms with Crippen LogP contribution in [0.3, 0.4) is 0 Å². The zero-order chi connectivity index (χ0) is 20.2. The van der Waals surface area contributed by atoms with E-state index in [1.54, 1.807) is 42.5 Å². The molecule has 0 amide bonds. The molecule has 1 heterocycles. The third-order valence-corrected chi connectivity index (χ3v) is 5.06. The molecule has 7 heteroatoms. The number of non-ortho nitro benzene ring substituents is 1. The lowest BCUT2D eigenvalue weighted by molar-refractivity contribution is -0.384. The van der Waals surface area contributed by atoms with Crippen LogP contribution >= 0.6 is 11.3 Å². The molecule has 142 valence electrons. The molecule has 6 nitrogen and oxygen atoms in total. The maximum atomic E-state index is 12.3. The van der Waals surface area contributed by atoms with Crippen molar-refractivity contribution in [3.8, 4) is 10.9 Å². The molecule has 0 fully saturated rings. The number of nitro benzene ring substituents is 1. The van der Waals surface area contributed by atoms with Gasteiger partial charge >= 0.3 is 0 Å². The van der Waals surface area contributed by atoms with E-state index in [0.717, 1.165) is 10.2 Å². The molecule has 0 spiro atoms. The topological polar surface area (TPSA) is 82.3 Å². The number of para-hydroxylation sites is 1. The maximum absolute atomic E-state index is 12.3. The largest absolute Gasteiger partial charge is 0.431 e. The van der Waals surface area contributed by atoms with Crippen LogP contribution in [-0.4, -0.2) is 15.7 Å². The monoisotopic (exact) mass is 402 g/mol. The van der Waals surface area contributed by atoms with Crippen LogP contribution in [-0.2, 0) is 0 Å². The van der Waals surface area contributed by atoms with Gasteiger partial charge in [-0.1, -0.05) is 29.5 Å². The van der Waals surface area contributed by atoms with Gasteiger partial charge in [-0.2, -0.15) is 0 Å². The van der Waals surface area contributed by atoms with Crippen molar-refractivity contribution in [2.75, 3.05) is 0 Å². The number of benzene rings is 3. The summed E-state index contributed by atoms with van der Waals surface area (Å²) in [6.07, 6.45) is 3.06. The van der Waals surface area contributed by atoms with Gasteiger partial charge in [0.25, 0.3) is 10.9 Å². The highest BCUT2D eigenvalue weighted by Gasteiger charge is 2.07. The summed E-state index contributed by atoms with van der Waals surface area (Å²) in [5.74, 6) is 0.426. The number of hydrogen-bond acceptors (Lipinski definition) is 6. The van der Waals surface area contributed by atoms with Crippen LogP contribution in [0.15, 0.2) is 78.9 Å². The van der Waals surface area contributed by atoms with Crippen LogP contribution in [0.25, 0.3) is 16.3 Å². The van der Waals surface area contributed by atoms with E-state index in [4.69, 9.17) is 4.74 Å². The van der Waals surface area contributed by atoms with Crippen molar-refractivity contribution in [3.05, 3.63) is 100 Å². The summed E-state index contributed by atoms with van der Waals surface area (Å²) < 4.78 is 6.83. The molecule has 0 saturated carbocycles. The summed E-state index contributed by atoms with van der Waals surface area (Å²) in [7, 11) is 0. The van der Waals surface area contributed by atoms with Gasteiger partial charge in [0.05, 0.1) is 15.1 Å². The average molecular weight is 402 g/mol. The van der Waals surface area contributed by atoms with Crippen LogP contribution in [0.1, 0.15) is 15.9 Å². The summed E-state index contributed by atoms with van der Waals surface area (Å²) in [6, 6.07) is 20.6. The van der Waals surface area contributed by atoms with Gasteiger partial charge in [0.15, 0.2) is 5.78 Å². The van der Waals surface area contributed by atoms with E-state index in [9.17, 15) is 14.9 Å². The molecule has 0 bridgehead atoms. The van der Waals surface area contributed by atoms with Gasteiger partial charge in [-0.15, -0.1) is 0 Å². The number of ether oxygens (including phenoxy) is 1. The molecule has 0 aliphatic heterocycles. The van der Waals surface area contributed by atoms with Crippen molar-refractivity contribution >= 4 is 39.1 Å². The van der Waals surface area contributed by atoms with E-state index in [1.807, 2.05) is 24.3 Å². The molecule has 3 aromatic carbocycles. The molecule has 0 aliphatic carbocycles. The molecule has 0 atom stereocenters. The first-order valence-corrected chi connectivity index (χ1v) is 9.50. The van der Waals surface area contributed by atoms with Crippen LogP contribution in [0, 0.1) is 10.1 Å². The Bertz CT molecular complexity index is 1180. The number of allylic oxidation sites excluding steroid dienone is 1. The second kappa shape index (κ2) is 8.04. The Hall–Kier alpha value is -3.84. The molecule has 4 aromatic rings. The summed E-state index contributed by atoms with van der Waals surface area (Å²) in [5.41, 5.74) is 2.12. The molecule has 0 unspecified atom stereocenters. The summed E-state index contributed by atoms with van der Waals surface area (Å²) in [5, 5.41) is 11.2. The number of carbonyl (C=O) groups excluding carboxylic acids is 1. The van der Waals surface area contributed by atoms with Gasteiger partial charge < -0.3 is 4.74 Å². The Balaban J connectivity index is 1.42. The van der Waals surface area contributed by atoms with E-state index < -0.39 is 4.92 Å². The number of fused-ring (bicyclic) bond motifs is 1. The normalized spacial score (nSPS) is 11.0. The first kappa shape index (κ1) is 18.5. The first-order valence-electron chi connectivity index (χ1n) is 8.69. The number of ketones is 1. The molecule has 1 aromatic heterocycles. The minimum Gasteiger partial charge on any atom is -0.431 e. The van der Waals surface area contributed by atoms with Crippen molar-refractivity contribution in [1.29, 1.82) is 0 Å². The number of rotatable bonds is 6. The molecular formula is C22H14N2O4S. The predicted molar refractivity (Wildman–Crippen MR) is 113 cm³/mol. The van der Waals surface area contributed by atoms with Gasteiger partial charge in [-0.05, 0) is 60.2 Å². The number of aromatic nitrogens is 1. The Kier molecular flexibility index (Phi) is 5.13. The van der Waals surface area contributed by atoms with Gasteiger partial charge in [-0.3, -0.25) is 14.9 Å². The second-order valence-corrected chi connectivity index (χ2v) is 7.11. The number of nitro groups is 1. The highest BCUT2D eigenvalue weighted by Crippen LogP contribution is 2.31. The summed E-state index contributed by atoms with van der Waals surface area (Å²) >= 11 is 1.46. The van der Waals surface area contributed by atoms with Crippen LogP contribution < -0.4 is 4.74 Å². The number of hydrogen-bond donors (Lipinski definition) is 0. The van der Waals surface area contributed by atoms with Gasteiger partial charge in [0.2, 0.25) is 0 Å². The fourth-order valence-corrected chi connectivity index (χ4v) is 3.49. The number of thiazole rings is 1. The Labute approximate surface area is 169 Å². The number of carbonyl (C=O) groups is 1. The van der Waals surface area contributed by atoms with Crippen molar-refractivity contribution in [1.82, 2.24) is 4.98 Å². The average Bonchev–Trinajstić information content (AvgIpc) is 3.15.